The van der Waals surface area contributed by atoms with Crippen molar-refractivity contribution in [2.24, 2.45) is 0 Å². The SMILES string of the molecule is O=Cc1cc(Cl)ccc1CF. The molecule has 0 heterocycles. The Morgan fingerprint density at radius 3 is 2.82 bits per heavy atom. The predicted molar refractivity (Wildman–Crippen MR) is 41.7 cm³/mol. The van der Waals surface area contributed by atoms with Crippen LogP contribution in [0.25, 0.3) is 0 Å². The fourth-order valence-corrected chi connectivity index (χ4v) is 0.978. The summed E-state index contributed by atoms with van der Waals surface area (Å²) in [6, 6.07) is 4.51. The molecule has 1 aromatic carbocycles. The monoisotopic (exact) mass is 172 g/mol. The van der Waals surface area contributed by atoms with Gasteiger partial charge < -0.3 is 0 Å². The molecule has 0 spiro atoms. The summed E-state index contributed by atoms with van der Waals surface area (Å²) >= 11 is 5.57. The first-order valence-corrected chi connectivity index (χ1v) is 3.45. The Labute approximate surface area is 68.8 Å². The van der Waals surface area contributed by atoms with Gasteiger partial charge in [0.2, 0.25) is 0 Å². The van der Waals surface area contributed by atoms with Crippen LogP contribution in [-0.2, 0) is 6.67 Å². The van der Waals surface area contributed by atoms with Crippen LogP contribution in [0.5, 0.6) is 0 Å². The van der Waals surface area contributed by atoms with Gasteiger partial charge in [0.25, 0.3) is 0 Å². The van der Waals surface area contributed by atoms with Crippen LogP contribution in [0, 0.1) is 0 Å². The molecule has 0 aliphatic carbocycles. The predicted octanol–water partition coefficient (Wildman–Crippen LogP) is 2.62. The number of aldehydes is 1. The first kappa shape index (κ1) is 8.21. The van der Waals surface area contributed by atoms with Crippen molar-refractivity contribution >= 4 is 17.9 Å². The Morgan fingerprint density at radius 2 is 2.27 bits per heavy atom. The molecule has 0 saturated carbocycles. The van der Waals surface area contributed by atoms with Gasteiger partial charge in [-0.05, 0) is 17.7 Å². The molecule has 3 heteroatoms. The van der Waals surface area contributed by atoms with E-state index in [9.17, 15) is 9.18 Å². The van der Waals surface area contributed by atoms with Gasteiger partial charge in [-0.3, -0.25) is 4.79 Å². The lowest BCUT2D eigenvalue weighted by molar-refractivity contribution is 0.112. The molecule has 58 valence electrons. The van der Waals surface area contributed by atoms with Crippen molar-refractivity contribution in [3.05, 3.63) is 34.3 Å². The molecule has 0 N–H and O–H groups in total. The van der Waals surface area contributed by atoms with Gasteiger partial charge in [0, 0.05) is 10.6 Å². The van der Waals surface area contributed by atoms with Gasteiger partial charge in [-0.2, -0.15) is 0 Å². The average molecular weight is 173 g/mol. The summed E-state index contributed by atoms with van der Waals surface area (Å²) in [4.78, 5) is 10.3. The maximum absolute atomic E-state index is 12.1. The molecule has 0 unspecified atom stereocenters. The van der Waals surface area contributed by atoms with Crippen LogP contribution in [0.3, 0.4) is 0 Å². The highest BCUT2D eigenvalue weighted by molar-refractivity contribution is 6.30. The van der Waals surface area contributed by atoms with Gasteiger partial charge in [0.1, 0.15) is 13.0 Å². The molecule has 1 aromatic rings. The maximum atomic E-state index is 12.1. The number of benzene rings is 1. The summed E-state index contributed by atoms with van der Waals surface area (Å²) in [5.74, 6) is 0. The van der Waals surface area contributed by atoms with Crippen molar-refractivity contribution in [3.8, 4) is 0 Å². The first-order valence-electron chi connectivity index (χ1n) is 3.07. The molecule has 0 aromatic heterocycles. The maximum Gasteiger partial charge on any atom is 0.150 e. The van der Waals surface area contributed by atoms with Crippen LogP contribution in [0.2, 0.25) is 5.02 Å². The highest BCUT2D eigenvalue weighted by atomic mass is 35.5. The van der Waals surface area contributed by atoms with E-state index in [0.29, 0.717) is 22.4 Å². The van der Waals surface area contributed by atoms with Gasteiger partial charge in [-0.15, -0.1) is 0 Å². The summed E-state index contributed by atoms with van der Waals surface area (Å²) in [5, 5.41) is 0.448. The van der Waals surface area contributed by atoms with E-state index >= 15 is 0 Å². The fourth-order valence-electron chi connectivity index (χ4n) is 0.797. The van der Waals surface area contributed by atoms with Crippen LogP contribution >= 0.6 is 11.6 Å². The number of alkyl halides is 1. The average Bonchev–Trinajstić information content (AvgIpc) is 2.04. The first-order chi connectivity index (χ1) is 5.27. The highest BCUT2D eigenvalue weighted by Crippen LogP contribution is 2.15. The van der Waals surface area contributed by atoms with Crippen LogP contribution in [0.4, 0.5) is 4.39 Å². The lowest BCUT2D eigenvalue weighted by Crippen LogP contribution is -1.88. The summed E-state index contributed by atoms with van der Waals surface area (Å²) in [5.41, 5.74) is 0.699. The van der Waals surface area contributed by atoms with Crippen molar-refractivity contribution in [2.75, 3.05) is 0 Å². The van der Waals surface area contributed by atoms with Crippen molar-refractivity contribution in [2.45, 2.75) is 6.67 Å². The van der Waals surface area contributed by atoms with Crippen molar-refractivity contribution < 1.29 is 9.18 Å². The second-order valence-electron chi connectivity index (χ2n) is 2.09. The molecule has 0 bridgehead atoms. The second kappa shape index (κ2) is 3.49. The number of hydrogen-bond acceptors (Lipinski definition) is 1. The highest BCUT2D eigenvalue weighted by Gasteiger charge is 2.00. The molecular formula is C8H6ClFO. The molecule has 0 aliphatic rings. The zero-order chi connectivity index (χ0) is 8.27. The molecule has 1 nitrogen and oxygen atoms in total. The van der Waals surface area contributed by atoms with Gasteiger partial charge in [0.15, 0.2) is 0 Å². The third-order valence-corrected chi connectivity index (χ3v) is 1.61. The Hall–Kier alpha value is -0.890. The lowest BCUT2D eigenvalue weighted by atomic mass is 10.1. The summed E-state index contributed by atoms with van der Waals surface area (Å²) in [7, 11) is 0. The minimum atomic E-state index is -0.634. The summed E-state index contributed by atoms with van der Waals surface area (Å²) < 4.78 is 12.1. The van der Waals surface area contributed by atoms with Crippen molar-refractivity contribution in [1.82, 2.24) is 0 Å². The number of carbonyl (C=O) groups excluding carboxylic acids is 1. The van der Waals surface area contributed by atoms with E-state index in [0.717, 1.165) is 0 Å². The number of rotatable bonds is 2. The quantitative estimate of drug-likeness (QED) is 0.627. The molecule has 1 rings (SSSR count). The largest absolute Gasteiger partial charge is 0.298 e. The van der Waals surface area contributed by atoms with E-state index in [4.69, 9.17) is 11.6 Å². The number of carbonyl (C=O) groups is 1. The Balaban J connectivity index is 3.16. The Bertz CT molecular complexity index is 273. The smallest absolute Gasteiger partial charge is 0.150 e. The summed E-state index contributed by atoms with van der Waals surface area (Å²) in [6.45, 7) is -0.634. The standard InChI is InChI=1S/C8H6ClFO/c9-8-2-1-6(4-10)7(3-8)5-11/h1-3,5H,4H2. The van der Waals surface area contributed by atoms with E-state index in [-0.39, 0.29) is 0 Å². The molecule has 0 atom stereocenters. The fraction of sp³-hybridized carbons (Fsp3) is 0.125. The third-order valence-electron chi connectivity index (χ3n) is 1.38. The molecular weight excluding hydrogens is 167 g/mol. The minimum Gasteiger partial charge on any atom is -0.298 e. The Morgan fingerprint density at radius 1 is 1.55 bits per heavy atom. The van der Waals surface area contributed by atoms with Gasteiger partial charge in [0.05, 0.1) is 0 Å². The second-order valence-corrected chi connectivity index (χ2v) is 2.53. The molecule has 0 fully saturated rings. The van der Waals surface area contributed by atoms with Gasteiger partial charge in [-0.25, -0.2) is 4.39 Å². The van der Waals surface area contributed by atoms with E-state index in [1.807, 2.05) is 0 Å². The zero-order valence-electron chi connectivity index (χ0n) is 5.68. The normalized spacial score (nSPS) is 9.64. The van der Waals surface area contributed by atoms with Gasteiger partial charge in [-0.1, -0.05) is 17.7 Å². The molecule has 0 amide bonds. The Kier molecular flexibility index (Phi) is 2.60. The third kappa shape index (κ3) is 1.77. The number of hydrogen-bond donors (Lipinski definition) is 0. The van der Waals surface area contributed by atoms with Crippen LogP contribution < -0.4 is 0 Å². The van der Waals surface area contributed by atoms with Crippen LogP contribution in [-0.4, -0.2) is 6.29 Å². The van der Waals surface area contributed by atoms with E-state index < -0.39 is 6.67 Å². The number of halogens is 2. The van der Waals surface area contributed by atoms with Crippen molar-refractivity contribution in [1.29, 1.82) is 0 Å². The minimum absolute atomic E-state index is 0.319. The molecule has 0 radical (unpaired) electrons. The molecule has 11 heavy (non-hydrogen) atoms. The topological polar surface area (TPSA) is 17.1 Å². The molecule has 0 saturated heterocycles. The van der Waals surface area contributed by atoms with E-state index in [1.165, 1.54) is 12.1 Å². The molecule has 0 aliphatic heterocycles. The van der Waals surface area contributed by atoms with Crippen molar-refractivity contribution in [3.63, 3.8) is 0 Å². The van der Waals surface area contributed by atoms with Crippen LogP contribution in [0.15, 0.2) is 18.2 Å². The lowest BCUT2D eigenvalue weighted by Gasteiger charge is -1.98. The van der Waals surface area contributed by atoms with E-state index in [2.05, 4.69) is 0 Å². The van der Waals surface area contributed by atoms with E-state index in [1.54, 1.807) is 6.07 Å². The van der Waals surface area contributed by atoms with Gasteiger partial charge >= 0.3 is 0 Å². The summed E-state index contributed by atoms with van der Waals surface area (Å²) in [6.07, 6.45) is 0.598. The zero-order valence-corrected chi connectivity index (χ0v) is 6.44. The van der Waals surface area contributed by atoms with Crippen LogP contribution in [0.1, 0.15) is 15.9 Å².